The molecule has 1 fully saturated rings. The van der Waals surface area contributed by atoms with Crippen molar-refractivity contribution < 1.29 is 9.84 Å². The first-order chi connectivity index (χ1) is 8.66. The predicted octanol–water partition coefficient (Wildman–Crippen LogP) is 2.49. The zero-order chi connectivity index (χ0) is 12.7. The van der Waals surface area contributed by atoms with Crippen molar-refractivity contribution >= 4 is 0 Å². The minimum absolute atomic E-state index is 0.330. The van der Waals surface area contributed by atoms with Crippen LogP contribution in [0, 0.1) is 0 Å². The zero-order valence-corrected chi connectivity index (χ0v) is 11.1. The lowest BCUT2D eigenvalue weighted by atomic mass is 10.0. The lowest BCUT2D eigenvalue weighted by molar-refractivity contribution is 0.0673. The average molecular weight is 247 g/mol. The zero-order valence-electron chi connectivity index (χ0n) is 11.1. The van der Waals surface area contributed by atoms with E-state index in [1.165, 1.54) is 11.1 Å². The van der Waals surface area contributed by atoms with Gasteiger partial charge in [0.25, 0.3) is 0 Å². The molecule has 0 aromatic heterocycles. The van der Waals surface area contributed by atoms with Gasteiger partial charge in [-0.15, -0.1) is 0 Å². The lowest BCUT2D eigenvalue weighted by Gasteiger charge is -2.32. The Morgan fingerprint density at radius 3 is 2.89 bits per heavy atom. The molecular formula is C15H21NO2. The first-order valence-electron chi connectivity index (χ1n) is 6.82. The van der Waals surface area contributed by atoms with Crippen molar-refractivity contribution in [1.29, 1.82) is 0 Å². The van der Waals surface area contributed by atoms with E-state index >= 15 is 0 Å². The lowest BCUT2D eigenvalue weighted by Crippen LogP contribution is -2.38. The van der Waals surface area contributed by atoms with Crippen LogP contribution in [0.5, 0.6) is 5.75 Å². The second-order valence-electron chi connectivity index (χ2n) is 5.53. The maximum Gasteiger partial charge on any atom is 0.115 e. The van der Waals surface area contributed by atoms with Crippen LogP contribution < -0.4 is 0 Å². The van der Waals surface area contributed by atoms with Gasteiger partial charge in [-0.1, -0.05) is 6.07 Å². The molecule has 0 spiro atoms. The number of hydrogen-bond donors (Lipinski definition) is 1. The van der Waals surface area contributed by atoms with E-state index in [-0.39, 0.29) is 0 Å². The van der Waals surface area contributed by atoms with Crippen molar-refractivity contribution in [2.75, 3.05) is 13.7 Å². The van der Waals surface area contributed by atoms with Gasteiger partial charge in [-0.3, -0.25) is 4.90 Å². The fourth-order valence-corrected chi connectivity index (χ4v) is 3.49. The van der Waals surface area contributed by atoms with Gasteiger partial charge in [0.2, 0.25) is 0 Å². The molecule has 2 aliphatic rings. The Kier molecular flexibility index (Phi) is 3.04. The van der Waals surface area contributed by atoms with Crippen molar-refractivity contribution in [1.82, 2.24) is 4.90 Å². The summed E-state index contributed by atoms with van der Waals surface area (Å²) >= 11 is 0. The van der Waals surface area contributed by atoms with Gasteiger partial charge >= 0.3 is 0 Å². The van der Waals surface area contributed by atoms with Crippen molar-refractivity contribution in [2.45, 2.75) is 44.4 Å². The van der Waals surface area contributed by atoms with Crippen LogP contribution >= 0.6 is 0 Å². The Hall–Kier alpha value is -1.06. The molecule has 3 unspecified atom stereocenters. The Labute approximate surface area is 108 Å². The molecule has 3 rings (SSSR count). The summed E-state index contributed by atoms with van der Waals surface area (Å²) in [5.41, 5.74) is 2.69. The van der Waals surface area contributed by atoms with Crippen LogP contribution in [0.15, 0.2) is 18.2 Å². The Bertz CT molecular complexity index is 446. The predicted molar refractivity (Wildman–Crippen MR) is 70.8 cm³/mol. The van der Waals surface area contributed by atoms with Crippen LogP contribution in [0.1, 0.15) is 36.9 Å². The molecule has 0 amide bonds. The highest BCUT2D eigenvalue weighted by atomic mass is 16.5. The number of nitrogens with zero attached hydrogens (tertiary/aromatic N) is 1. The molecule has 1 heterocycles. The van der Waals surface area contributed by atoms with E-state index in [2.05, 4.69) is 24.9 Å². The molecule has 3 heteroatoms. The van der Waals surface area contributed by atoms with E-state index in [1.54, 1.807) is 6.07 Å². The van der Waals surface area contributed by atoms with Gasteiger partial charge in [-0.05, 0) is 56.5 Å². The average Bonchev–Trinajstić information content (AvgIpc) is 2.94. The summed E-state index contributed by atoms with van der Waals surface area (Å²) in [4.78, 5) is 2.47. The summed E-state index contributed by atoms with van der Waals surface area (Å²) in [6, 6.07) is 6.81. The normalized spacial score (nSPS) is 30.9. The number of aryl methyl sites for hydroxylation is 1. The third-order valence-electron chi connectivity index (χ3n) is 4.52. The number of fused-ring (bicyclic) bond motifs is 1. The molecule has 3 atom stereocenters. The fourth-order valence-electron chi connectivity index (χ4n) is 3.49. The van der Waals surface area contributed by atoms with Crippen LogP contribution in [0.25, 0.3) is 0 Å². The SMILES string of the molecule is CC1OCCC1N(C)C1CCc2cc(O)ccc21. The Morgan fingerprint density at radius 1 is 1.33 bits per heavy atom. The third-order valence-corrected chi connectivity index (χ3v) is 4.52. The van der Waals surface area contributed by atoms with Gasteiger partial charge in [0.1, 0.15) is 5.75 Å². The number of ether oxygens (including phenoxy) is 1. The molecular weight excluding hydrogens is 226 g/mol. The van der Waals surface area contributed by atoms with Gasteiger partial charge < -0.3 is 9.84 Å². The van der Waals surface area contributed by atoms with Gasteiger partial charge in [0, 0.05) is 18.7 Å². The summed E-state index contributed by atoms with van der Waals surface area (Å²) < 4.78 is 5.67. The minimum atomic E-state index is 0.330. The van der Waals surface area contributed by atoms with Gasteiger partial charge in [-0.2, -0.15) is 0 Å². The summed E-state index contributed by atoms with van der Waals surface area (Å²) in [5, 5.41) is 9.54. The summed E-state index contributed by atoms with van der Waals surface area (Å²) in [7, 11) is 2.21. The first kappa shape index (κ1) is 12.0. The quantitative estimate of drug-likeness (QED) is 0.871. The summed E-state index contributed by atoms with van der Waals surface area (Å²) in [5.74, 6) is 0.384. The van der Waals surface area contributed by atoms with E-state index in [0.717, 1.165) is 25.9 Å². The second-order valence-corrected chi connectivity index (χ2v) is 5.53. The van der Waals surface area contributed by atoms with Crippen LogP contribution in [-0.2, 0) is 11.2 Å². The molecule has 0 saturated carbocycles. The maximum atomic E-state index is 9.54. The molecule has 1 aliphatic heterocycles. The van der Waals surface area contributed by atoms with Gasteiger partial charge in [-0.25, -0.2) is 0 Å². The largest absolute Gasteiger partial charge is 0.508 e. The van der Waals surface area contributed by atoms with Crippen molar-refractivity contribution in [2.24, 2.45) is 0 Å². The summed E-state index contributed by atoms with van der Waals surface area (Å²) in [6.45, 7) is 3.05. The Morgan fingerprint density at radius 2 is 2.17 bits per heavy atom. The maximum absolute atomic E-state index is 9.54. The van der Waals surface area contributed by atoms with Crippen LogP contribution in [-0.4, -0.2) is 35.8 Å². The molecule has 98 valence electrons. The molecule has 18 heavy (non-hydrogen) atoms. The summed E-state index contributed by atoms with van der Waals surface area (Å²) in [6.07, 6.45) is 3.68. The molecule has 0 radical (unpaired) electrons. The second kappa shape index (κ2) is 4.56. The number of likely N-dealkylation sites (N-methyl/N-ethyl adjacent to an activating group) is 1. The molecule has 1 N–H and O–H groups in total. The number of hydrogen-bond acceptors (Lipinski definition) is 3. The fraction of sp³-hybridized carbons (Fsp3) is 0.600. The van der Waals surface area contributed by atoms with Crippen LogP contribution in [0.2, 0.25) is 0 Å². The molecule has 1 saturated heterocycles. The third kappa shape index (κ3) is 1.91. The van der Waals surface area contributed by atoms with Gasteiger partial charge in [0.05, 0.1) is 6.10 Å². The molecule has 3 nitrogen and oxygen atoms in total. The van der Waals surface area contributed by atoms with Crippen LogP contribution in [0.4, 0.5) is 0 Å². The van der Waals surface area contributed by atoms with Crippen molar-refractivity contribution in [3.8, 4) is 5.75 Å². The molecule has 1 aromatic carbocycles. The number of phenols is 1. The Balaban J connectivity index is 1.83. The topological polar surface area (TPSA) is 32.7 Å². The molecule has 1 aliphatic carbocycles. The van der Waals surface area contributed by atoms with Gasteiger partial charge in [0.15, 0.2) is 0 Å². The monoisotopic (exact) mass is 247 g/mol. The highest BCUT2D eigenvalue weighted by Gasteiger charge is 2.35. The standard InChI is InChI=1S/C15H21NO2/c1-10-14(7-8-18-10)16(2)15-6-3-11-9-12(17)4-5-13(11)15/h4-5,9-10,14-15,17H,3,6-8H2,1-2H3. The van der Waals surface area contributed by atoms with E-state index in [0.29, 0.717) is 23.9 Å². The van der Waals surface area contributed by atoms with E-state index in [9.17, 15) is 5.11 Å². The highest BCUT2D eigenvalue weighted by molar-refractivity contribution is 5.40. The van der Waals surface area contributed by atoms with E-state index < -0.39 is 0 Å². The van der Waals surface area contributed by atoms with Crippen LogP contribution in [0.3, 0.4) is 0 Å². The first-order valence-corrected chi connectivity index (χ1v) is 6.82. The minimum Gasteiger partial charge on any atom is -0.508 e. The number of benzene rings is 1. The highest BCUT2D eigenvalue weighted by Crippen LogP contribution is 2.39. The van der Waals surface area contributed by atoms with E-state index in [4.69, 9.17) is 4.74 Å². The van der Waals surface area contributed by atoms with E-state index in [1.807, 2.05) is 6.07 Å². The van der Waals surface area contributed by atoms with Crippen molar-refractivity contribution in [3.63, 3.8) is 0 Å². The number of rotatable bonds is 2. The molecule has 1 aromatic rings. The molecule has 0 bridgehead atoms. The number of phenolic OH excluding ortho intramolecular Hbond substituents is 1. The van der Waals surface area contributed by atoms with Crippen molar-refractivity contribution in [3.05, 3.63) is 29.3 Å². The smallest absolute Gasteiger partial charge is 0.115 e. The number of aromatic hydroxyl groups is 1.